The van der Waals surface area contributed by atoms with Gasteiger partial charge < -0.3 is 10.5 Å². The molecule has 0 aromatic heterocycles. The van der Waals surface area contributed by atoms with Gasteiger partial charge in [-0.2, -0.15) is 0 Å². The van der Waals surface area contributed by atoms with Crippen molar-refractivity contribution >= 4 is 15.8 Å². The van der Waals surface area contributed by atoms with Crippen molar-refractivity contribution in [3.8, 4) is 0 Å². The molecular weight excluding hydrogens is 369 g/mol. The van der Waals surface area contributed by atoms with E-state index in [9.17, 15) is 17.6 Å². The van der Waals surface area contributed by atoms with Crippen LogP contribution in [0.2, 0.25) is 0 Å². The number of carbonyl (C=O) groups is 1. The summed E-state index contributed by atoms with van der Waals surface area (Å²) in [5.41, 5.74) is 6.01. The normalized spacial score (nSPS) is 24.4. The molecule has 0 spiro atoms. The number of sulfone groups is 1. The summed E-state index contributed by atoms with van der Waals surface area (Å²) in [6, 6.07) is 11.9. The summed E-state index contributed by atoms with van der Waals surface area (Å²) in [5.74, 6) is -1.76. The van der Waals surface area contributed by atoms with Crippen molar-refractivity contribution in [3.63, 3.8) is 0 Å². The second kappa shape index (κ2) is 7.05. The lowest BCUT2D eigenvalue weighted by Gasteiger charge is -2.14. The smallest absolute Gasteiger partial charge is 0.315 e. The van der Waals surface area contributed by atoms with E-state index < -0.39 is 38.2 Å². The quantitative estimate of drug-likeness (QED) is 0.765. The van der Waals surface area contributed by atoms with Crippen LogP contribution in [0.5, 0.6) is 0 Å². The standard InChI is InChI=1S/C20H22FNO4S/c1-3-26-19(23)20(12-22)17(14-6-8-15(21)9-7-14)18(20)27(24,25)16-10-4-13(2)5-11-16/h4-11,17-18H,3,12,22H2,1-2H3/t17-,18+,20+/m0/s1. The minimum Gasteiger partial charge on any atom is -0.465 e. The van der Waals surface area contributed by atoms with Crippen LogP contribution < -0.4 is 5.73 Å². The van der Waals surface area contributed by atoms with Crippen molar-refractivity contribution in [1.82, 2.24) is 0 Å². The zero-order chi connectivity index (χ0) is 19.8. The molecule has 3 atom stereocenters. The van der Waals surface area contributed by atoms with E-state index in [1.54, 1.807) is 19.1 Å². The van der Waals surface area contributed by atoms with Gasteiger partial charge >= 0.3 is 5.97 Å². The van der Waals surface area contributed by atoms with Gasteiger partial charge in [0.1, 0.15) is 11.2 Å². The highest BCUT2D eigenvalue weighted by atomic mass is 32.2. The van der Waals surface area contributed by atoms with E-state index in [1.807, 2.05) is 6.92 Å². The Balaban J connectivity index is 2.10. The maximum absolute atomic E-state index is 13.3. The second-order valence-corrected chi connectivity index (χ2v) is 8.84. The number of hydrogen-bond donors (Lipinski definition) is 1. The van der Waals surface area contributed by atoms with Crippen LogP contribution in [0.25, 0.3) is 0 Å². The molecule has 1 fully saturated rings. The predicted octanol–water partition coefficient (Wildman–Crippen LogP) is 2.58. The molecule has 7 heteroatoms. The minimum atomic E-state index is -3.85. The Morgan fingerprint density at radius 2 is 1.74 bits per heavy atom. The number of esters is 1. The number of benzene rings is 2. The van der Waals surface area contributed by atoms with E-state index in [4.69, 9.17) is 10.5 Å². The van der Waals surface area contributed by atoms with Crippen molar-refractivity contribution in [2.24, 2.45) is 11.1 Å². The maximum atomic E-state index is 13.3. The number of nitrogens with two attached hydrogens (primary N) is 1. The van der Waals surface area contributed by atoms with Gasteiger partial charge in [0.25, 0.3) is 0 Å². The van der Waals surface area contributed by atoms with Gasteiger partial charge in [-0.25, -0.2) is 12.8 Å². The summed E-state index contributed by atoms with van der Waals surface area (Å²) in [7, 11) is -3.85. The Bertz CT molecular complexity index is 941. The molecule has 27 heavy (non-hydrogen) atoms. The maximum Gasteiger partial charge on any atom is 0.315 e. The average molecular weight is 391 g/mol. The van der Waals surface area contributed by atoms with E-state index in [2.05, 4.69) is 0 Å². The van der Waals surface area contributed by atoms with Crippen molar-refractivity contribution in [3.05, 3.63) is 65.5 Å². The highest BCUT2D eigenvalue weighted by Crippen LogP contribution is 2.64. The van der Waals surface area contributed by atoms with Crippen molar-refractivity contribution in [2.75, 3.05) is 13.2 Å². The number of rotatable bonds is 6. The first-order valence-corrected chi connectivity index (χ1v) is 10.3. The van der Waals surface area contributed by atoms with E-state index in [0.717, 1.165) is 5.56 Å². The summed E-state index contributed by atoms with van der Waals surface area (Å²) in [6.45, 7) is 3.45. The van der Waals surface area contributed by atoms with Gasteiger partial charge in [-0.3, -0.25) is 4.79 Å². The van der Waals surface area contributed by atoms with Gasteiger partial charge in [0.05, 0.1) is 16.8 Å². The zero-order valence-electron chi connectivity index (χ0n) is 15.2. The van der Waals surface area contributed by atoms with E-state index in [0.29, 0.717) is 5.56 Å². The summed E-state index contributed by atoms with van der Waals surface area (Å²) < 4.78 is 45.1. The molecule has 1 aliphatic rings. The molecular formula is C20H22FNO4S. The number of hydrogen-bond acceptors (Lipinski definition) is 5. The highest BCUT2D eigenvalue weighted by molar-refractivity contribution is 7.92. The van der Waals surface area contributed by atoms with Gasteiger partial charge in [0.15, 0.2) is 9.84 Å². The van der Waals surface area contributed by atoms with Gasteiger partial charge in [-0.05, 0) is 43.7 Å². The second-order valence-electron chi connectivity index (χ2n) is 6.77. The summed E-state index contributed by atoms with van der Waals surface area (Å²) in [4.78, 5) is 12.8. The number of halogens is 1. The summed E-state index contributed by atoms with van der Waals surface area (Å²) >= 11 is 0. The average Bonchev–Trinajstić information content (AvgIpc) is 3.34. The fourth-order valence-electron chi connectivity index (χ4n) is 3.71. The largest absolute Gasteiger partial charge is 0.465 e. The zero-order valence-corrected chi connectivity index (χ0v) is 16.0. The highest BCUT2D eigenvalue weighted by Gasteiger charge is 2.75. The minimum absolute atomic E-state index is 0.119. The van der Waals surface area contributed by atoms with Crippen molar-refractivity contribution < 1.29 is 22.3 Å². The Hall–Kier alpha value is -2.25. The van der Waals surface area contributed by atoms with Gasteiger partial charge in [0, 0.05) is 12.5 Å². The molecule has 0 saturated heterocycles. The molecule has 2 aromatic rings. The van der Waals surface area contributed by atoms with Crippen LogP contribution in [-0.2, 0) is 19.4 Å². The van der Waals surface area contributed by atoms with Crippen molar-refractivity contribution in [2.45, 2.75) is 29.9 Å². The van der Waals surface area contributed by atoms with Crippen LogP contribution in [-0.4, -0.2) is 32.8 Å². The first-order chi connectivity index (χ1) is 12.8. The summed E-state index contributed by atoms with van der Waals surface area (Å²) in [5, 5.41) is -1.05. The van der Waals surface area contributed by atoms with E-state index >= 15 is 0 Å². The first kappa shape index (κ1) is 19.5. The molecule has 1 aliphatic carbocycles. The third kappa shape index (κ3) is 3.15. The van der Waals surface area contributed by atoms with Crippen LogP contribution >= 0.6 is 0 Å². The topological polar surface area (TPSA) is 86.5 Å². The molecule has 5 nitrogen and oxygen atoms in total. The molecule has 0 bridgehead atoms. The summed E-state index contributed by atoms with van der Waals surface area (Å²) in [6.07, 6.45) is 0. The van der Waals surface area contributed by atoms with E-state index in [-0.39, 0.29) is 18.0 Å². The fourth-order valence-corrected chi connectivity index (χ4v) is 6.09. The number of aryl methyl sites for hydroxylation is 1. The SMILES string of the molecule is CCOC(=O)[C@@]1(CN)[C@H](S(=O)(=O)c2ccc(C)cc2)[C@@H]1c1ccc(F)cc1. The molecule has 2 N–H and O–H groups in total. The molecule has 2 aromatic carbocycles. The van der Waals surface area contributed by atoms with Crippen LogP contribution in [0, 0.1) is 18.2 Å². The lowest BCUT2D eigenvalue weighted by molar-refractivity contribution is -0.149. The van der Waals surface area contributed by atoms with Gasteiger partial charge in [-0.15, -0.1) is 0 Å². The fraction of sp³-hybridized carbons (Fsp3) is 0.350. The molecule has 144 valence electrons. The molecule has 0 aliphatic heterocycles. The Morgan fingerprint density at radius 3 is 2.26 bits per heavy atom. The molecule has 3 rings (SSSR count). The monoisotopic (exact) mass is 391 g/mol. The predicted molar refractivity (Wildman–Crippen MR) is 99.4 cm³/mol. The Labute approximate surface area is 158 Å². The van der Waals surface area contributed by atoms with Gasteiger partial charge in [0.2, 0.25) is 0 Å². The molecule has 0 amide bonds. The number of ether oxygens (including phenoxy) is 1. The molecule has 0 heterocycles. The third-order valence-electron chi connectivity index (χ3n) is 5.16. The Kier molecular flexibility index (Phi) is 5.10. The van der Waals surface area contributed by atoms with Gasteiger partial charge in [-0.1, -0.05) is 29.8 Å². The van der Waals surface area contributed by atoms with Crippen LogP contribution in [0.1, 0.15) is 24.0 Å². The molecule has 0 unspecified atom stereocenters. The van der Waals surface area contributed by atoms with Crippen molar-refractivity contribution in [1.29, 1.82) is 0 Å². The first-order valence-electron chi connectivity index (χ1n) is 8.72. The van der Waals surface area contributed by atoms with Crippen LogP contribution in [0.15, 0.2) is 53.4 Å². The Morgan fingerprint density at radius 1 is 1.15 bits per heavy atom. The lowest BCUT2D eigenvalue weighted by Crippen LogP contribution is -2.33. The van der Waals surface area contributed by atoms with Crippen LogP contribution in [0.4, 0.5) is 4.39 Å². The van der Waals surface area contributed by atoms with Crippen LogP contribution in [0.3, 0.4) is 0 Å². The number of carbonyl (C=O) groups excluding carboxylic acids is 1. The van der Waals surface area contributed by atoms with E-state index in [1.165, 1.54) is 36.4 Å². The molecule has 0 radical (unpaired) electrons. The lowest BCUT2D eigenvalue weighted by atomic mass is 9.99. The molecule has 1 saturated carbocycles. The third-order valence-corrected chi connectivity index (χ3v) is 7.45.